The smallest absolute Gasteiger partial charge is 0.307 e. The first-order valence-corrected chi connectivity index (χ1v) is 10.0. The summed E-state index contributed by atoms with van der Waals surface area (Å²) in [7, 11) is -3.10. The van der Waals surface area contributed by atoms with Crippen LogP contribution in [0.3, 0.4) is 0 Å². The van der Waals surface area contributed by atoms with Crippen LogP contribution in [0.2, 0.25) is 0 Å². The van der Waals surface area contributed by atoms with Crippen LogP contribution in [0.4, 0.5) is 0 Å². The van der Waals surface area contributed by atoms with E-state index in [0.717, 1.165) is 12.8 Å². The van der Waals surface area contributed by atoms with Crippen LogP contribution in [0.15, 0.2) is 0 Å². The average Bonchev–Trinajstić information content (AvgIpc) is 3.03. The molecule has 0 bridgehead atoms. The first-order chi connectivity index (χ1) is 10.9. The third kappa shape index (κ3) is 3.52. The molecule has 130 valence electrons. The van der Waals surface area contributed by atoms with Crippen molar-refractivity contribution in [1.82, 2.24) is 4.90 Å². The van der Waals surface area contributed by atoms with Crippen molar-refractivity contribution in [2.45, 2.75) is 44.2 Å². The largest absolute Gasteiger partial charge is 0.481 e. The molecule has 0 aromatic heterocycles. The molecule has 1 amide bonds. The van der Waals surface area contributed by atoms with Crippen molar-refractivity contribution in [3.05, 3.63) is 0 Å². The SMILES string of the molecule is O=C(O)C1CCC1C(=O)N(CC1CCCO1)C1CCS(=O)(=O)C1. The number of rotatable bonds is 5. The predicted molar refractivity (Wildman–Crippen MR) is 81.6 cm³/mol. The molecule has 1 saturated carbocycles. The maximum atomic E-state index is 12.8. The summed E-state index contributed by atoms with van der Waals surface area (Å²) >= 11 is 0. The van der Waals surface area contributed by atoms with E-state index in [-0.39, 0.29) is 29.6 Å². The molecule has 2 heterocycles. The Hall–Kier alpha value is -1.15. The topological polar surface area (TPSA) is 101 Å². The van der Waals surface area contributed by atoms with Crippen LogP contribution >= 0.6 is 0 Å². The minimum absolute atomic E-state index is 0.0179. The quantitative estimate of drug-likeness (QED) is 0.769. The summed E-state index contributed by atoms with van der Waals surface area (Å²) in [4.78, 5) is 25.6. The third-order valence-electron chi connectivity index (χ3n) is 5.27. The van der Waals surface area contributed by atoms with Crippen molar-refractivity contribution in [3.8, 4) is 0 Å². The minimum Gasteiger partial charge on any atom is -0.481 e. The van der Waals surface area contributed by atoms with Crippen molar-refractivity contribution in [2.24, 2.45) is 11.8 Å². The van der Waals surface area contributed by atoms with Gasteiger partial charge in [-0.3, -0.25) is 9.59 Å². The van der Waals surface area contributed by atoms with E-state index in [2.05, 4.69) is 0 Å². The number of carbonyl (C=O) groups is 2. The van der Waals surface area contributed by atoms with Crippen molar-refractivity contribution in [3.63, 3.8) is 0 Å². The first-order valence-electron chi connectivity index (χ1n) is 8.23. The molecule has 4 atom stereocenters. The second kappa shape index (κ2) is 6.39. The van der Waals surface area contributed by atoms with Gasteiger partial charge in [0.05, 0.1) is 29.4 Å². The lowest BCUT2D eigenvalue weighted by molar-refractivity contribution is -0.158. The van der Waals surface area contributed by atoms with Gasteiger partial charge in [-0.2, -0.15) is 0 Å². The van der Waals surface area contributed by atoms with Gasteiger partial charge in [-0.1, -0.05) is 0 Å². The molecule has 0 aromatic carbocycles. The van der Waals surface area contributed by atoms with E-state index >= 15 is 0 Å². The number of sulfone groups is 1. The van der Waals surface area contributed by atoms with Crippen LogP contribution in [0.25, 0.3) is 0 Å². The molecule has 23 heavy (non-hydrogen) atoms. The molecule has 4 unspecified atom stereocenters. The fourth-order valence-electron chi connectivity index (χ4n) is 3.75. The maximum absolute atomic E-state index is 12.8. The first kappa shape index (κ1) is 16.7. The zero-order valence-corrected chi connectivity index (χ0v) is 13.8. The Morgan fingerprint density at radius 2 is 1.87 bits per heavy atom. The number of amides is 1. The Balaban J connectivity index is 1.74. The number of carboxylic acids is 1. The summed E-state index contributed by atoms with van der Waals surface area (Å²) in [5, 5.41) is 9.18. The summed E-state index contributed by atoms with van der Waals surface area (Å²) in [6, 6.07) is -0.341. The normalized spacial score (nSPS) is 35.7. The Bertz CT molecular complexity index is 583. The molecular formula is C15H23NO6S. The molecule has 1 aliphatic carbocycles. The van der Waals surface area contributed by atoms with Crippen molar-refractivity contribution >= 4 is 21.7 Å². The molecule has 7 nitrogen and oxygen atoms in total. The van der Waals surface area contributed by atoms with Gasteiger partial charge in [-0.25, -0.2) is 8.42 Å². The van der Waals surface area contributed by atoms with E-state index in [0.29, 0.717) is 32.4 Å². The van der Waals surface area contributed by atoms with Gasteiger partial charge >= 0.3 is 5.97 Å². The van der Waals surface area contributed by atoms with Gasteiger partial charge in [0.15, 0.2) is 9.84 Å². The van der Waals surface area contributed by atoms with E-state index in [1.165, 1.54) is 0 Å². The monoisotopic (exact) mass is 345 g/mol. The van der Waals surface area contributed by atoms with Crippen molar-refractivity contribution < 1.29 is 27.9 Å². The predicted octanol–water partition coefficient (Wildman–Crippen LogP) is 0.292. The highest BCUT2D eigenvalue weighted by Crippen LogP contribution is 2.37. The fourth-order valence-corrected chi connectivity index (χ4v) is 5.48. The number of hydrogen-bond acceptors (Lipinski definition) is 5. The van der Waals surface area contributed by atoms with Gasteiger partial charge in [0.1, 0.15) is 0 Å². The lowest BCUT2D eigenvalue weighted by atomic mass is 9.72. The zero-order valence-electron chi connectivity index (χ0n) is 13.0. The number of ether oxygens (including phenoxy) is 1. The van der Waals surface area contributed by atoms with E-state index in [4.69, 9.17) is 4.74 Å². The molecule has 2 aliphatic heterocycles. The average molecular weight is 345 g/mol. The van der Waals surface area contributed by atoms with Gasteiger partial charge < -0.3 is 14.7 Å². The number of carbonyl (C=O) groups excluding carboxylic acids is 1. The fraction of sp³-hybridized carbons (Fsp3) is 0.867. The minimum atomic E-state index is -3.10. The molecule has 8 heteroatoms. The number of carboxylic acid groups (broad SMARTS) is 1. The van der Waals surface area contributed by atoms with Gasteiger partial charge in [-0.15, -0.1) is 0 Å². The Labute approximate surface area is 135 Å². The van der Waals surface area contributed by atoms with Crippen LogP contribution in [0.5, 0.6) is 0 Å². The van der Waals surface area contributed by atoms with E-state index in [1.54, 1.807) is 4.90 Å². The molecule has 3 fully saturated rings. The molecular weight excluding hydrogens is 322 g/mol. The highest BCUT2D eigenvalue weighted by atomic mass is 32.2. The number of nitrogens with zero attached hydrogens (tertiary/aromatic N) is 1. The molecule has 0 aromatic rings. The third-order valence-corrected chi connectivity index (χ3v) is 7.02. The van der Waals surface area contributed by atoms with Crippen LogP contribution < -0.4 is 0 Å². The van der Waals surface area contributed by atoms with Crippen LogP contribution in [-0.2, 0) is 24.2 Å². The van der Waals surface area contributed by atoms with E-state index in [9.17, 15) is 23.1 Å². The van der Waals surface area contributed by atoms with Crippen LogP contribution in [0.1, 0.15) is 32.1 Å². The lowest BCUT2D eigenvalue weighted by Gasteiger charge is -2.39. The van der Waals surface area contributed by atoms with E-state index < -0.39 is 27.6 Å². The summed E-state index contributed by atoms with van der Waals surface area (Å²) < 4.78 is 29.1. The molecule has 0 spiro atoms. The summed E-state index contributed by atoms with van der Waals surface area (Å²) in [6.07, 6.45) is 3.25. The number of hydrogen-bond donors (Lipinski definition) is 1. The van der Waals surface area contributed by atoms with Crippen LogP contribution in [-0.4, -0.2) is 67.1 Å². The van der Waals surface area contributed by atoms with E-state index in [1.807, 2.05) is 0 Å². The number of aliphatic carboxylic acids is 1. The highest BCUT2D eigenvalue weighted by molar-refractivity contribution is 7.91. The Morgan fingerprint density at radius 1 is 1.13 bits per heavy atom. The van der Waals surface area contributed by atoms with Crippen molar-refractivity contribution in [2.75, 3.05) is 24.7 Å². The highest BCUT2D eigenvalue weighted by Gasteiger charge is 2.46. The van der Waals surface area contributed by atoms with Gasteiger partial charge in [0, 0.05) is 19.2 Å². The second-order valence-electron chi connectivity index (χ2n) is 6.81. The Kier molecular flexibility index (Phi) is 4.64. The summed E-state index contributed by atoms with van der Waals surface area (Å²) in [6.45, 7) is 1.04. The standard InChI is InChI=1S/C15H23NO6S/c17-14(12-3-4-13(12)15(18)19)16(8-11-2-1-6-22-11)10-5-7-23(20,21)9-10/h10-13H,1-9H2,(H,18,19). The second-order valence-corrected chi connectivity index (χ2v) is 9.04. The molecule has 2 saturated heterocycles. The summed E-state index contributed by atoms with van der Waals surface area (Å²) in [5.41, 5.74) is 0. The molecule has 0 radical (unpaired) electrons. The molecule has 3 aliphatic rings. The molecule has 1 N–H and O–H groups in total. The van der Waals surface area contributed by atoms with Crippen molar-refractivity contribution in [1.29, 1.82) is 0 Å². The summed E-state index contributed by atoms with van der Waals surface area (Å²) in [5.74, 6) is -2.22. The van der Waals surface area contributed by atoms with Gasteiger partial charge in [0.2, 0.25) is 5.91 Å². The van der Waals surface area contributed by atoms with Gasteiger partial charge in [-0.05, 0) is 32.1 Å². The lowest BCUT2D eigenvalue weighted by Crippen LogP contribution is -2.52. The molecule has 3 rings (SSSR count). The maximum Gasteiger partial charge on any atom is 0.307 e. The van der Waals surface area contributed by atoms with Gasteiger partial charge in [0.25, 0.3) is 0 Å². The zero-order chi connectivity index (χ0) is 16.6. The van der Waals surface area contributed by atoms with Crippen LogP contribution in [0, 0.1) is 11.8 Å². The Morgan fingerprint density at radius 3 is 2.35 bits per heavy atom.